The molecular weight excluding hydrogens is 314 g/mol. The van der Waals surface area contributed by atoms with Crippen molar-refractivity contribution in [2.24, 2.45) is 10.9 Å². The molecule has 7 heteroatoms. The maximum Gasteiger partial charge on any atom is 0.251 e. The molecule has 1 unspecified atom stereocenters. The lowest BCUT2D eigenvalue weighted by atomic mass is 10.0. The van der Waals surface area contributed by atoms with E-state index < -0.39 is 6.43 Å². The second-order valence-corrected chi connectivity index (χ2v) is 6.50. The van der Waals surface area contributed by atoms with Crippen LogP contribution in [0, 0.1) is 5.92 Å². The summed E-state index contributed by atoms with van der Waals surface area (Å²) in [6, 6.07) is 0.277. The quantitative estimate of drug-likeness (QED) is 0.418. The van der Waals surface area contributed by atoms with Crippen molar-refractivity contribution in [2.75, 3.05) is 39.3 Å². The van der Waals surface area contributed by atoms with Gasteiger partial charge in [0.1, 0.15) is 0 Å². The van der Waals surface area contributed by atoms with Crippen LogP contribution in [0.3, 0.4) is 0 Å². The molecule has 0 radical (unpaired) electrons. The molecule has 0 aromatic rings. The Morgan fingerprint density at radius 3 is 2.50 bits per heavy atom. The molecule has 5 nitrogen and oxygen atoms in total. The molecule has 0 bridgehead atoms. The van der Waals surface area contributed by atoms with Crippen LogP contribution in [-0.4, -0.2) is 67.8 Å². The number of alkyl halides is 2. The van der Waals surface area contributed by atoms with Crippen LogP contribution in [0.5, 0.6) is 0 Å². The first kappa shape index (κ1) is 21.1. The fourth-order valence-corrected chi connectivity index (χ4v) is 3.11. The number of halogens is 2. The first-order chi connectivity index (χ1) is 11.6. The number of aliphatic imine (C=N–C) groups is 1. The van der Waals surface area contributed by atoms with E-state index in [2.05, 4.69) is 22.5 Å². The Labute approximate surface area is 144 Å². The zero-order chi connectivity index (χ0) is 17.8. The molecule has 0 aliphatic carbocycles. The third-order valence-electron chi connectivity index (χ3n) is 4.41. The molecule has 1 saturated heterocycles. The minimum Gasteiger partial charge on any atom is -0.396 e. The average Bonchev–Trinajstić information content (AvgIpc) is 2.54. The molecule has 24 heavy (non-hydrogen) atoms. The lowest BCUT2D eigenvalue weighted by Gasteiger charge is -2.32. The third kappa shape index (κ3) is 8.78. The van der Waals surface area contributed by atoms with Gasteiger partial charge in [0, 0.05) is 38.8 Å². The monoisotopic (exact) mass is 348 g/mol. The number of nitrogens with one attached hydrogen (secondary N) is 2. The molecule has 0 spiro atoms. The maximum absolute atomic E-state index is 12.4. The number of rotatable bonds is 10. The molecule has 142 valence electrons. The number of hydrogen-bond donors (Lipinski definition) is 3. The summed E-state index contributed by atoms with van der Waals surface area (Å²) in [4.78, 5) is 6.49. The van der Waals surface area contributed by atoms with E-state index in [1.165, 1.54) is 0 Å². The van der Waals surface area contributed by atoms with E-state index in [9.17, 15) is 8.78 Å². The Kier molecular flexibility index (Phi) is 10.9. The van der Waals surface area contributed by atoms with E-state index in [0.717, 1.165) is 44.6 Å². The number of aliphatic hydroxyl groups excluding tert-OH is 1. The highest BCUT2D eigenvalue weighted by atomic mass is 19.3. The molecule has 1 aliphatic rings. The second-order valence-electron chi connectivity index (χ2n) is 6.50. The van der Waals surface area contributed by atoms with Crippen molar-refractivity contribution in [3.05, 3.63) is 0 Å². The van der Waals surface area contributed by atoms with Crippen molar-refractivity contribution in [2.45, 2.75) is 58.4 Å². The van der Waals surface area contributed by atoms with Gasteiger partial charge < -0.3 is 15.7 Å². The molecule has 1 rings (SSSR count). The average molecular weight is 348 g/mol. The van der Waals surface area contributed by atoms with E-state index in [4.69, 9.17) is 5.11 Å². The highest BCUT2D eigenvalue weighted by molar-refractivity contribution is 5.80. The number of likely N-dealkylation sites (tertiary alicyclic amines) is 1. The van der Waals surface area contributed by atoms with E-state index in [0.29, 0.717) is 25.6 Å². The van der Waals surface area contributed by atoms with Gasteiger partial charge in [0.2, 0.25) is 0 Å². The number of hydrogen-bond acceptors (Lipinski definition) is 3. The summed E-state index contributed by atoms with van der Waals surface area (Å²) in [7, 11) is 0. The summed E-state index contributed by atoms with van der Waals surface area (Å²) in [5, 5.41) is 15.8. The summed E-state index contributed by atoms with van der Waals surface area (Å²) in [6.07, 6.45) is 2.39. The molecule has 0 aromatic carbocycles. The second kappa shape index (κ2) is 12.4. The van der Waals surface area contributed by atoms with Gasteiger partial charge in [-0.25, -0.2) is 8.78 Å². The summed E-state index contributed by atoms with van der Waals surface area (Å²) in [5.74, 6) is 1.20. The molecule has 3 N–H and O–H groups in total. The molecule has 0 aromatic heterocycles. The van der Waals surface area contributed by atoms with Gasteiger partial charge >= 0.3 is 0 Å². The summed E-state index contributed by atoms with van der Waals surface area (Å²) in [5.41, 5.74) is 0. The standard InChI is InChI=1S/C17H34F2N4O/c1-3-5-14(8-11-24)12-21-17(20-4-2)22-15-6-9-23(10-7-15)13-16(18)19/h14-16,24H,3-13H2,1-2H3,(H2,20,21,22). The Balaban J connectivity index is 2.46. The van der Waals surface area contributed by atoms with Crippen LogP contribution in [-0.2, 0) is 0 Å². The van der Waals surface area contributed by atoms with E-state index in [-0.39, 0.29) is 19.2 Å². The Bertz CT molecular complexity index is 341. The van der Waals surface area contributed by atoms with Gasteiger partial charge in [-0.05, 0) is 38.5 Å². The van der Waals surface area contributed by atoms with Crippen LogP contribution in [0.2, 0.25) is 0 Å². The van der Waals surface area contributed by atoms with Gasteiger partial charge in [-0.1, -0.05) is 13.3 Å². The first-order valence-electron chi connectivity index (χ1n) is 9.25. The Hall–Kier alpha value is -0.950. The van der Waals surface area contributed by atoms with E-state index >= 15 is 0 Å². The maximum atomic E-state index is 12.4. The normalized spacial score (nSPS) is 18.8. The lowest BCUT2D eigenvalue weighted by molar-refractivity contribution is 0.0744. The fraction of sp³-hybridized carbons (Fsp3) is 0.941. The highest BCUT2D eigenvalue weighted by Gasteiger charge is 2.22. The number of guanidine groups is 1. The molecule has 1 heterocycles. The third-order valence-corrected chi connectivity index (χ3v) is 4.41. The van der Waals surface area contributed by atoms with Crippen LogP contribution in [0.15, 0.2) is 4.99 Å². The van der Waals surface area contributed by atoms with E-state index in [1.807, 2.05) is 11.8 Å². The van der Waals surface area contributed by atoms with Gasteiger partial charge in [-0.2, -0.15) is 0 Å². The fourth-order valence-electron chi connectivity index (χ4n) is 3.11. The SMILES string of the molecule is CCCC(CCO)CN=C(NCC)NC1CCN(CC(F)F)CC1. The number of piperidine rings is 1. The van der Waals surface area contributed by atoms with Crippen molar-refractivity contribution in [1.29, 1.82) is 0 Å². The minimum absolute atomic E-state index is 0.124. The zero-order valence-corrected chi connectivity index (χ0v) is 15.1. The predicted molar refractivity (Wildman–Crippen MR) is 94.7 cm³/mol. The number of aliphatic hydroxyl groups is 1. The largest absolute Gasteiger partial charge is 0.396 e. The van der Waals surface area contributed by atoms with Gasteiger partial charge in [-0.15, -0.1) is 0 Å². The minimum atomic E-state index is -2.25. The summed E-state index contributed by atoms with van der Waals surface area (Å²) < 4.78 is 24.8. The van der Waals surface area contributed by atoms with Gasteiger partial charge in [0.25, 0.3) is 6.43 Å². The highest BCUT2D eigenvalue weighted by Crippen LogP contribution is 2.13. The molecule has 0 saturated carbocycles. The smallest absolute Gasteiger partial charge is 0.251 e. The summed E-state index contributed by atoms with van der Waals surface area (Å²) in [6.45, 7) is 7.13. The molecule has 1 aliphatic heterocycles. The van der Waals surface area contributed by atoms with Crippen molar-refractivity contribution in [1.82, 2.24) is 15.5 Å². The predicted octanol–water partition coefficient (Wildman–Crippen LogP) is 2.07. The Morgan fingerprint density at radius 2 is 1.96 bits per heavy atom. The van der Waals surface area contributed by atoms with Gasteiger partial charge in [-0.3, -0.25) is 9.89 Å². The van der Waals surface area contributed by atoms with E-state index in [1.54, 1.807) is 0 Å². The topological polar surface area (TPSA) is 59.9 Å². The van der Waals surface area contributed by atoms with Gasteiger partial charge in [0.05, 0.1) is 6.54 Å². The molecule has 1 fully saturated rings. The van der Waals surface area contributed by atoms with Crippen LogP contribution in [0.4, 0.5) is 8.78 Å². The first-order valence-corrected chi connectivity index (χ1v) is 9.25. The molecule has 1 atom stereocenters. The van der Waals surface area contributed by atoms with Crippen molar-refractivity contribution in [3.63, 3.8) is 0 Å². The van der Waals surface area contributed by atoms with Crippen molar-refractivity contribution >= 4 is 5.96 Å². The molecular formula is C17H34F2N4O. The zero-order valence-electron chi connectivity index (χ0n) is 15.1. The lowest BCUT2D eigenvalue weighted by Crippen LogP contribution is -2.49. The van der Waals surface area contributed by atoms with Crippen molar-refractivity contribution < 1.29 is 13.9 Å². The van der Waals surface area contributed by atoms with Crippen LogP contribution in [0.1, 0.15) is 46.0 Å². The van der Waals surface area contributed by atoms with Crippen LogP contribution < -0.4 is 10.6 Å². The van der Waals surface area contributed by atoms with Gasteiger partial charge in [0.15, 0.2) is 5.96 Å². The summed E-state index contributed by atoms with van der Waals surface area (Å²) >= 11 is 0. The van der Waals surface area contributed by atoms with Crippen LogP contribution in [0.25, 0.3) is 0 Å². The number of nitrogens with zero attached hydrogens (tertiary/aromatic N) is 2. The Morgan fingerprint density at radius 1 is 1.25 bits per heavy atom. The molecule has 0 amide bonds. The van der Waals surface area contributed by atoms with Crippen molar-refractivity contribution in [3.8, 4) is 0 Å². The van der Waals surface area contributed by atoms with Crippen LogP contribution >= 0.6 is 0 Å².